The topological polar surface area (TPSA) is 45.5 Å². The van der Waals surface area contributed by atoms with E-state index in [-0.39, 0.29) is 5.91 Å². The molecule has 1 aliphatic heterocycles. The molecule has 0 bridgehead atoms. The van der Waals surface area contributed by atoms with Crippen LogP contribution in [-0.4, -0.2) is 36.5 Å². The molecule has 1 amide bonds. The van der Waals surface area contributed by atoms with Crippen molar-refractivity contribution < 1.29 is 9.21 Å². The van der Waals surface area contributed by atoms with Gasteiger partial charge in [-0.2, -0.15) is 0 Å². The van der Waals surface area contributed by atoms with Crippen molar-refractivity contribution in [2.75, 3.05) is 19.6 Å². The van der Waals surface area contributed by atoms with E-state index in [0.717, 1.165) is 25.4 Å². The van der Waals surface area contributed by atoms with E-state index in [9.17, 15) is 4.79 Å². The number of hydrogen-bond donors (Lipinski definition) is 1. The van der Waals surface area contributed by atoms with Crippen LogP contribution in [0.25, 0.3) is 0 Å². The number of carbonyl (C=O) groups excluding carboxylic acids is 1. The van der Waals surface area contributed by atoms with Gasteiger partial charge in [0.1, 0.15) is 5.76 Å². The number of furan rings is 1. The lowest BCUT2D eigenvalue weighted by atomic mass is 10.2. The number of aryl methyl sites for hydroxylation is 1. The molecule has 0 radical (unpaired) electrons. The van der Waals surface area contributed by atoms with E-state index in [1.807, 2.05) is 17.0 Å². The zero-order valence-corrected chi connectivity index (χ0v) is 9.61. The summed E-state index contributed by atoms with van der Waals surface area (Å²) < 4.78 is 5.21. The van der Waals surface area contributed by atoms with Crippen molar-refractivity contribution >= 4 is 5.91 Å². The van der Waals surface area contributed by atoms with E-state index in [1.165, 1.54) is 0 Å². The summed E-state index contributed by atoms with van der Waals surface area (Å²) in [5.74, 6) is 1.11. The molecule has 1 unspecified atom stereocenters. The van der Waals surface area contributed by atoms with Gasteiger partial charge in [0.2, 0.25) is 5.91 Å². The summed E-state index contributed by atoms with van der Waals surface area (Å²) in [5, 5.41) is 3.32. The molecule has 2 rings (SSSR count). The van der Waals surface area contributed by atoms with Gasteiger partial charge in [-0.3, -0.25) is 4.79 Å². The molecule has 1 fully saturated rings. The van der Waals surface area contributed by atoms with E-state index < -0.39 is 0 Å². The molecule has 2 heterocycles. The molecule has 0 spiro atoms. The van der Waals surface area contributed by atoms with E-state index in [4.69, 9.17) is 4.42 Å². The van der Waals surface area contributed by atoms with Crippen molar-refractivity contribution in [1.82, 2.24) is 10.2 Å². The molecule has 16 heavy (non-hydrogen) atoms. The normalized spacial score (nSPS) is 21.1. The van der Waals surface area contributed by atoms with E-state index in [2.05, 4.69) is 12.2 Å². The van der Waals surface area contributed by atoms with Crippen molar-refractivity contribution in [3.05, 3.63) is 24.2 Å². The van der Waals surface area contributed by atoms with Crippen molar-refractivity contribution in [2.45, 2.75) is 25.8 Å². The molecule has 1 saturated heterocycles. The molecular formula is C12H18N2O2. The van der Waals surface area contributed by atoms with Gasteiger partial charge in [-0.05, 0) is 19.1 Å². The van der Waals surface area contributed by atoms with Crippen LogP contribution in [0.4, 0.5) is 0 Å². The molecule has 1 aliphatic rings. The lowest BCUT2D eigenvalue weighted by Gasteiger charge is -2.31. The van der Waals surface area contributed by atoms with Gasteiger partial charge in [0.15, 0.2) is 0 Å². The number of amides is 1. The summed E-state index contributed by atoms with van der Waals surface area (Å²) in [7, 11) is 0. The SMILES string of the molecule is CC1CN(C(=O)CCc2ccco2)CCN1. The lowest BCUT2D eigenvalue weighted by molar-refractivity contribution is -0.132. The van der Waals surface area contributed by atoms with Crippen LogP contribution in [0.2, 0.25) is 0 Å². The minimum atomic E-state index is 0.227. The van der Waals surface area contributed by atoms with Gasteiger partial charge in [0, 0.05) is 38.5 Å². The molecule has 4 heteroatoms. The third-order valence-corrected chi connectivity index (χ3v) is 2.89. The summed E-state index contributed by atoms with van der Waals surface area (Å²) >= 11 is 0. The second kappa shape index (κ2) is 5.16. The Bertz CT molecular complexity index is 335. The van der Waals surface area contributed by atoms with Crippen LogP contribution in [0.15, 0.2) is 22.8 Å². The predicted molar refractivity (Wildman–Crippen MR) is 61.1 cm³/mol. The van der Waals surface area contributed by atoms with Crippen molar-refractivity contribution in [3.8, 4) is 0 Å². The van der Waals surface area contributed by atoms with E-state index in [1.54, 1.807) is 6.26 Å². The summed E-state index contributed by atoms with van der Waals surface area (Å²) in [6, 6.07) is 4.17. The number of nitrogens with zero attached hydrogens (tertiary/aromatic N) is 1. The van der Waals surface area contributed by atoms with Gasteiger partial charge >= 0.3 is 0 Å². The highest BCUT2D eigenvalue weighted by molar-refractivity contribution is 5.76. The van der Waals surface area contributed by atoms with Crippen LogP contribution in [-0.2, 0) is 11.2 Å². The first kappa shape index (κ1) is 11.2. The first-order chi connectivity index (χ1) is 7.75. The van der Waals surface area contributed by atoms with Crippen LogP contribution >= 0.6 is 0 Å². The van der Waals surface area contributed by atoms with Crippen molar-refractivity contribution in [1.29, 1.82) is 0 Å². The monoisotopic (exact) mass is 222 g/mol. The van der Waals surface area contributed by atoms with Crippen molar-refractivity contribution in [3.63, 3.8) is 0 Å². The Labute approximate surface area is 95.6 Å². The maximum absolute atomic E-state index is 11.9. The predicted octanol–water partition coefficient (Wildman–Crippen LogP) is 1.03. The average Bonchev–Trinajstić information content (AvgIpc) is 2.78. The third-order valence-electron chi connectivity index (χ3n) is 2.89. The Morgan fingerprint density at radius 1 is 1.69 bits per heavy atom. The molecule has 1 aromatic rings. The largest absolute Gasteiger partial charge is 0.469 e. The maximum atomic E-state index is 11.9. The number of carbonyl (C=O) groups is 1. The number of nitrogens with one attached hydrogen (secondary N) is 1. The highest BCUT2D eigenvalue weighted by Crippen LogP contribution is 2.07. The highest BCUT2D eigenvalue weighted by Gasteiger charge is 2.20. The van der Waals surface area contributed by atoms with Crippen LogP contribution in [0, 0.1) is 0 Å². The minimum absolute atomic E-state index is 0.227. The Hall–Kier alpha value is -1.29. The number of rotatable bonds is 3. The molecule has 1 aromatic heterocycles. The van der Waals surface area contributed by atoms with Crippen LogP contribution in [0.5, 0.6) is 0 Å². The summed E-state index contributed by atoms with van der Waals surface area (Å²) in [6.45, 7) is 4.64. The Morgan fingerprint density at radius 3 is 3.25 bits per heavy atom. The van der Waals surface area contributed by atoms with Gasteiger partial charge in [-0.1, -0.05) is 0 Å². The van der Waals surface area contributed by atoms with Gasteiger partial charge in [0.25, 0.3) is 0 Å². The second-order valence-corrected chi connectivity index (χ2v) is 4.27. The quantitative estimate of drug-likeness (QED) is 0.831. The fourth-order valence-corrected chi connectivity index (χ4v) is 2.00. The zero-order valence-electron chi connectivity index (χ0n) is 9.61. The molecule has 88 valence electrons. The minimum Gasteiger partial charge on any atom is -0.469 e. The second-order valence-electron chi connectivity index (χ2n) is 4.27. The first-order valence-electron chi connectivity index (χ1n) is 5.79. The Balaban J connectivity index is 1.79. The number of piperazine rings is 1. The van der Waals surface area contributed by atoms with Crippen molar-refractivity contribution in [2.24, 2.45) is 0 Å². The van der Waals surface area contributed by atoms with Crippen LogP contribution < -0.4 is 5.32 Å². The van der Waals surface area contributed by atoms with Gasteiger partial charge < -0.3 is 14.6 Å². The molecular weight excluding hydrogens is 204 g/mol. The summed E-state index contributed by atoms with van der Waals surface area (Å²) in [4.78, 5) is 13.8. The molecule has 0 aromatic carbocycles. The number of hydrogen-bond acceptors (Lipinski definition) is 3. The van der Waals surface area contributed by atoms with Gasteiger partial charge in [0.05, 0.1) is 6.26 Å². The fourth-order valence-electron chi connectivity index (χ4n) is 2.00. The molecule has 4 nitrogen and oxygen atoms in total. The Kier molecular flexibility index (Phi) is 3.62. The summed E-state index contributed by atoms with van der Waals surface area (Å²) in [6.07, 6.45) is 2.89. The smallest absolute Gasteiger partial charge is 0.223 e. The molecule has 0 aliphatic carbocycles. The maximum Gasteiger partial charge on any atom is 0.223 e. The lowest BCUT2D eigenvalue weighted by Crippen LogP contribution is -2.51. The van der Waals surface area contributed by atoms with Crippen LogP contribution in [0.3, 0.4) is 0 Å². The van der Waals surface area contributed by atoms with Gasteiger partial charge in [-0.25, -0.2) is 0 Å². The molecule has 1 atom stereocenters. The molecule has 0 saturated carbocycles. The van der Waals surface area contributed by atoms with E-state index >= 15 is 0 Å². The Morgan fingerprint density at radius 2 is 2.56 bits per heavy atom. The first-order valence-corrected chi connectivity index (χ1v) is 5.79. The fraction of sp³-hybridized carbons (Fsp3) is 0.583. The standard InChI is InChI=1S/C12H18N2O2/c1-10-9-14(7-6-13-10)12(15)5-4-11-3-2-8-16-11/h2-3,8,10,13H,4-7,9H2,1H3. The average molecular weight is 222 g/mol. The molecule has 1 N–H and O–H groups in total. The highest BCUT2D eigenvalue weighted by atomic mass is 16.3. The summed E-state index contributed by atoms with van der Waals surface area (Å²) in [5.41, 5.74) is 0. The van der Waals surface area contributed by atoms with Gasteiger partial charge in [-0.15, -0.1) is 0 Å². The van der Waals surface area contributed by atoms with Crippen LogP contribution in [0.1, 0.15) is 19.1 Å². The van der Waals surface area contributed by atoms with E-state index in [0.29, 0.717) is 18.9 Å². The third kappa shape index (κ3) is 2.85. The zero-order chi connectivity index (χ0) is 11.4.